The normalized spacial score (nSPS) is 9.00. The quantitative estimate of drug-likeness (QED) is 0.518. The molecule has 0 amide bonds. The smallest absolute Gasteiger partial charge is 0.115 e. The van der Waals surface area contributed by atoms with Crippen LogP contribution in [0.5, 0.6) is 0 Å². The summed E-state index contributed by atoms with van der Waals surface area (Å²) < 4.78 is 0. The summed E-state index contributed by atoms with van der Waals surface area (Å²) in [6.45, 7) is 4.10. The van der Waals surface area contributed by atoms with Crippen LogP contribution in [0, 0.1) is 17.8 Å². The molecule has 0 fully saturated rings. The second-order valence-corrected chi connectivity index (χ2v) is 2.55. The highest BCUT2D eigenvalue weighted by Gasteiger charge is 1.84. The van der Waals surface area contributed by atoms with Gasteiger partial charge in [0.15, 0.2) is 0 Å². The van der Waals surface area contributed by atoms with E-state index in [0.717, 1.165) is 5.56 Å². The van der Waals surface area contributed by atoms with Gasteiger partial charge in [0.25, 0.3) is 0 Å². The van der Waals surface area contributed by atoms with E-state index in [-0.39, 0.29) is 0 Å². The third kappa shape index (κ3) is 2.81. The standard InChI is InChI=1S/C9H10N2/c1-8(2)3-4-9-5-10-7-11-6-9/h5-8H,1-2H3. The summed E-state index contributed by atoms with van der Waals surface area (Å²) in [5.41, 5.74) is 0.876. The maximum Gasteiger partial charge on any atom is 0.115 e. The first-order valence-electron chi connectivity index (χ1n) is 3.55. The van der Waals surface area contributed by atoms with Gasteiger partial charge in [0, 0.05) is 18.3 Å². The van der Waals surface area contributed by atoms with Crippen molar-refractivity contribution < 1.29 is 0 Å². The van der Waals surface area contributed by atoms with Gasteiger partial charge in [-0.15, -0.1) is 0 Å². The summed E-state index contributed by atoms with van der Waals surface area (Å²) >= 11 is 0. The van der Waals surface area contributed by atoms with Crippen molar-refractivity contribution in [1.29, 1.82) is 0 Å². The molecule has 0 aliphatic carbocycles. The Hall–Kier alpha value is -1.36. The van der Waals surface area contributed by atoms with Crippen LogP contribution in [0.3, 0.4) is 0 Å². The van der Waals surface area contributed by atoms with Gasteiger partial charge >= 0.3 is 0 Å². The molecule has 0 saturated carbocycles. The van der Waals surface area contributed by atoms with Gasteiger partial charge in [0.1, 0.15) is 6.33 Å². The Morgan fingerprint density at radius 2 is 1.91 bits per heavy atom. The van der Waals surface area contributed by atoms with Crippen molar-refractivity contribution in [3.63, 3.8) is 0 Å². The minimum atomic E-state index is 0.398. The van der Waals surface area contributed by atoms with Crippen LogP contribution >= 0.6 is 0 Å². The van der Waals surface area contributed by atoms with Gasteiger partial charge in [-0.3, -0.25) is 0 Å². The fourth-order valence-corrected chi connectivity index (χ4v) is 0.591. The lowest BCUT2D eigenvalue weighted by Gasteiger charge is -1.87. The summed E-state index contributed by atoms with van der Waals surface area (Å²) in [6, 6.07) is 0. The topological polar surface area (TPSA) is 25.8 Å². The van der Waals surface area contributed by atoms with Gasteiger partial charge in [-0.1, -0.05) is 25.7 Å². The molecule has 2 nitrogen and oxygen atoms in total. The minimum Gasteiger partial charge on any atom is -0.244 e. The zero-order valence-corrected chi connectivity index (χ0v) is 6.70. The van der Waals surface area contributed by atoms with Crippen LogP contribution in [0.25, 0.3) is 0 Å². The van der Waals surface area contributed by atoms with Crippen LogP contribution in [0.1, 0.15) is 19.4 Å². The molecule has 2 heteroatoms. The molecule has 1 aromatic heterocycles. The largest absolute Gasteiger partial charge is 0.244 e. The molecule has 0 bridgehead atoms. The van der Waals surface area contributed by atoms with Crippen LogP contribution < -0.4 is 0 Å². The lowest BCUT2D eigenvalue weighted by Crippen LogP contribution is -1.82. The number of rotatable bonds is 0. The molecule has 0 atom stereocenters. The molecular weight excluding hydrogens is 136 g/mol. The maximum absolute atomic E-state index is 3.85. The van der Waals surface area contributed by atoms with Crippen LogP contribution in [0.2, 0.25) is 0 Å². The summed E-state index contributed by atoms with van der Waals surface area (Å²) in [4.78, 5) is 7.70. The number of aromatic nitrogens is 2. The van der Waals surface area contributed by atoms with Gasteiger partial charge in [0.2, 0.25) is 0 Å². The molecule has 11 heavy (non-hydrogen) atoms. The minimum absolute atomic E-state index is 0.398. The van der Waals surface area contributed by atoms with Crippen LogP contribution in [-0.4, -0.2) is 9.97 Å². The highest BCUT2D eigenvalue weighted by Crippen LogP contribution is 1.91. The SMILES string of the molecule is CC(C)C#Cc1cncnc1. The van der Waals surface area contributed by atoms with Crippen molar-refractivity contribution in [3.8, 4) is 11.8 Å². The van der Waals surface area contributed by atoms with E-state index in [1.54, 1.807) is 12.4 Å². The van der Waals surface area contributed by atoms with Crippen LogP contribution in [0.15, 0.2) is 18.7 Å². The Morgan fingerprint density at radius 3 is 2.45 bits per heavy atom. The monoisotopic (exact) mass is 146 g/mol. The van der Waals surface area contributed by atoms with E-state index in [4.69, 9.17) is 0 Å². The molecule has 0 aromatic carbocycles. The molecular formula is C9H10N2. The molecule has 0 aliphatic rings. The summed E-state index contributed by atoms with van der Waals surface area (Å²) in [7, 11) is 0. The van der Waals surface area contributed by atoms with Crippen molar-refractivity contribution in [2.24, 2.45) is 5.92 Å². The van der Waals surface area contributed by atoms with E-state index in [2.05, 4.69) is 35.7 Å². The molecule has 0 unspecified atom stereocenters. The van der Waals surface area contributed by atoms with E-state index in [9.17, 15) is 0 Å². The van der Waals surface area contributed by atoms with Crippen molar-refractivity contribution in [2.45, 2.75) is 13.8 Å². The van der Waals surface area contributed by atoms with E-state index in [1.807, 2.05) is 0 Å². The highest BCUT2D eigenvalue weighted by molar-refractivity contribution is 5.29. The molecule has 1 heterocycles. The molecule has 0 radical (unpaired) electrons. The van der Waals surface area contributed by atoms with E-state index < -0.39 is 0 Å². The van der Waals surface area contributed by atoms with E-state index in [0.29, 0.717) is 5.92 Å². The zero-order valence-electron chi connectivity index (χ0n) is 6.70. The molecule has 1 rings (SSSR count). The second-order valence-electron chi connectivity index (χ2n) is 2.55. The molecule has 0 aliphatic heterocycles. The van der Waals surface area contributed by atoms with Crippen molar-refractivity contribution in [2.75, 3.05) is 0 Å². The predicted octanol–water partition coefficient (Wildman–Crippen LogP) is 1.48. The molecule has 56 valence electrons. The number of hydrogen-bond donors (Lipinski definition) is 0. The highest BCUT2D eigenvalue weighted by atomic mass is 14.8. The van der Waals surface area contributed by atoms with Crippen molar-refractivity contribution in [1.82, 2.24) is 9.97 Å². The molecule has 0 N–H and O–H groups in total. The van der Waals surface area contributed by atoms with E-state index in [1.165, 1.54) is 6.33 Å². The Morgan fingerprint density at radius 1 is 1.27 bits per heavy atom. The van der Waals surface area contributed by atoms with Gasteiger partial charge in [-0.2, -0.15) is 0 Å². The second kappa shape index (κ2) is 3.72. The average Bonchev–Trinajstić information content (AvgIpc) is 2.03. The number of hydrogen-bond acceptors (Lipinski definition) is 2. The Balaban J connectivity index is 2.75. The lowest BCUT2D eigenvalue weighted by atomic mass is 10.2. The first-order valence-corrected chi connectivity index (χ1v) is 3.55. The third-order valence-corrected chi connectivity index (χ3v) is 1.07. The van der Waals surface area contributed by atoms with Gasteiger partial charge in [-0.25, -0.2) is 9.97 Å². The molecule has 1 aromatic rings. The molecule has 0 spiro atoms. The third-order valence-electron chi connectivity index (χ3n) is 1.07. The van der Waals surface area contributed by atoms with Crippen LogP contribution in [0.4, 0.5) is 0 Å². The zero-order chi connectivity index (χ0) is 8.10. The predicted molar refractivity (Wildman–Crippen MR) is 43.7 cm³/mol. The summed E-state index contributed by atoms with van der Waals surface area (Å²) in [5, 5.41) is 0. The van der Waals surface area contributed by atoms with Crippen LogP contribution in [-0.2, 0) is 0 Å². The maximum atomic E-state index is 3.85. The van der Waals surface area contributed by atoms with Gasteiger partial charge in [-0.05, 0) is 0 Å². The average molecular weight is 146 g/mol. The fourth-order valence-electron chi connectivity index (χ4n) is 0.591. The fraction of sp³-hybridized carbons (Fsp3) is 0.333. The van der Waals surface area contributed by atoms with Gasteiger partial charge < -0.3 is 0 Å². The lowest BCUT2D eigenvalue weighted by molar-refractivity contribution is 0.866. The number of nitrogens with zero attached hydrogens (tertiary/aromatic N) is 2. The van der Waals surface area contributed by atoms with Gasteiger partial charge in [0.05, 0.1) is 5.56 Å². The Kier molecular flexibility index (Phi) is 2.62. The first kappa shape index (κ1) is 7.74. The first-order chi connectivity index (χ1) is 5.29. The van der Waals surface area contributed by atoms with Crippen molar-refractivity contribution in [3.05, 3.63) is 24.3 Å². The summed E-state index contributed by atoms with van der Waals surface area (Å²) in [6.07, 6.45) is 4.92. The Labute approximate surface area is 66.7 Å². The summed E-state index contributed by atoms with van der Waals surface area (Å²) in [5.74, 6) is 6.40. The Bertz CT molecular complexity index is 267. The van der Waals surface area contributed by atoms with Crippen molar-refractivity contribution >= 4 is 0 Å². The van der Waals surface area contributed by atoms with E-state index >= 15 is 0 Å². The molecule has 0 saturated heterocycles.